The van der Waals surface area contributed by atoms with Crippen LogP contribution in [0.5, 0.6) is 0 Å². The zero-order chi connectivity index (χ0) is 26.0. The van der Waals surface area contributed by atoms with Crippen LogP contribution in [0.2, 0.25) is 0 Å². The van der Waals surface area contributed by atoms with E-state index in [9.17, 15) is 14.7 Å². The molecule has 0 radical (unpaired) electrons. The van der Waals surface area contributed by atoms with Crippen molar-refractivity contribution < 1.29 is 33.0 Å². The second kappa shape index (κ2) is 13.6. The second-order valence-electron chi connectivity index (χ2n) is 8.49. The predicted octanol–water partition coefficient (Wildman–Crippen LogP) is 4.43. The number of aliphatic hydroxyl groups excluding tert-OH is 1. The summed E-state index contributed by atoms with van der Waals surface area (Å²) in [5.41, 5.74) is 2.17. The van der Waals surface area contributed by atoms with Crippen molar-refractivity contribution in [2.75, 3.05) is 47.4 Å². The molecule has 0 saturated carbocycles. The molecule has 2 rings (SSSR count). The first-order valence-electron chi connectivity index (χ1n) is 11.4. The van der Waals surface area contributed by atoms with Crippen molar-refractivity contribution in [2.24, 2.45) is 0 Å². The number of carbonyl (C=O) groups excluding carboxylic acids is 2. The Bertz CT molecular complexity index is 978. The van der Waals surface area contributed by atoms with Gasteiger partial charge in [0.05, 0.1) is 14.2 Å². The summed E-state index contributed by atoms with van der Waals surface area (Å²) in [4.78, 5) is 26.4. The summed E-state index contributed by atoms with van der Waals surface area (Å²) in [5, 5.41) is 9.21. The fourth-order valence-corrected chi connectivity index (χ4v) is 4.04. The number of aliphatic hydroxyl groups is 1. The van der Waals surface area contributed by atoms with Crippen LogP contribution in [0, 0.1) is 0 Å². The summed E-state index contributed by atoms with van der Waals surface area (Å²) in [5.74, 6) is -0.413. The molecule has 2 heterocycles. The first-order chi connectivity index (χ1) is 16.7. The number of aldehydes is 1. The summed E-state index contributed by atoms with van der Waals surface area (Å²) in [6.45, 7) is 4.94. The SMILES string of the molecule is C=C(/C=C1/CN(C(=O)CCC=O)C/C1=C(\F)CCC/C(F)=C1/CN(C)C/C1=C/C(=C/O)OC)OC. The van der Waals surface area contributed by atoms with Crippen molar-refractivity contribution in [1.82, 2.24) is 9.80 Å². The van der Waals surface area contributed by atoms with Crippen molar-refractivity contribution in [3.8, 4) is 0 Å². The van der Waals surface area contributed by atoms with E-state index >= 15 is 8.78 Å². The largest absolute Gasteiger partial charge is 0.512 e. The Morgan fingerprint density at radius 2 is 1.63 bits per heavy atom. The standard InChI is InChI=1S/C26H34F2N2O5/c1-18(34-3)11-19-14-30(26(33)9-6-10-31)16-23(19)25(28)8-5-7-24(27)22-15-29(2)13-20(22)12-21(17-32)35-4/h10-12,17,32H,1,5-9,13-16H2,2-4H3/b19-11-,20-12-,21-17-,24-22+,25-23+. The Kier molecular flexibility index (Phi) is 10.9. The van der Waals surface area contributed by atoms with Gasteiger partial charge in [-0.15, -0.1) is 0 Å². The first-order valence-corrected chi connectivity index (χ1v) is 11.4. The fourth-order valence-electron chi connectivity index (χ4n) is 4.04. The van der Waals surface area contributed by atoms with Gasteiger partial charge in [-0.2, -0.15) is 0 Å². The fraction of sp³-hybridized carbons (Fsp3) is 0.462. The summed E-state index contributed by atoms with van der Waals surface area (Å²) in [6, 6.07) is 0. The van der Waals surface area contributed by atoms with Crippen LogP contribution in [0.15, 0.2) is 70.5 Å². The van der Waals surface area contributed by atoms with E-state index in [1.807, 2.05) is 11.9 Å². The van der Waals surface area contributed by atoms with Gasteiger partial charge in [0.1, 0.15) is 30.0 Å². The Morgan fingerprint density at radius 3 is 2.20 bits per heavy atom. The van der Waals surface area contributed by atoms with Crippen LogP contribution < -0.4 is 0 Å². The number of hydrogen-bond donors (Lipinski definition) is 1. The smallest absolute Gasteiger partial charge is 0.223 e. The number of halogens is 2. The highest BCUT2D eigenvalue weighted by Crippen LogP contribution is 2.32. The van der Waals surface area contributed by atoms with Crippen LogP contribution in [-0.2, 0) is 19.1 Å². The lowest BCUT2D eigenvalue weighted by molar-refractivity contribution is -0.130. The molecule has 0 aromatic rings. The molecule has 2 aliphatic rings. The molecule has 2 fully saturated rings. The summed E-state index contributed by atoms with van der Waals surface area (Å²) >= 11 is 0. The predicted molar refractivity (Wildman–Crippen MR) is 130 cm³/mol. The minimum atomic E-state index is -0.409. The molecule has 35 heavy (non-hydrogen) atoms. The molecule has 0 atom stereocenters. The van der Waals surface area contributed by atoms with E-state index in [1.54, 1.807) is 12.2 Å². The molecular formula is C26H34F2N2O5. The normalized spacial score (nSPS) is 22.1. The maximum Gasteiger partial charge on any atom is 0.223 e. The zero-order valence-electron chi connectivity index (χ0n) is 20.6. The highest BCUT2D eigenvalue weighted by Gasteiger charge is 2.29. The van der Waals surface area contributed by atoms with Gasteiger partial charge in [-0.1, -0.05) is 6.58 Å². The lowest BCUT2D eigenvalue weighted by Gasteiger charge is -2.13. The summed E-state index contributed by atoms with van der Waals surface area (Å²) in [7, 11) is 4.72. The summed E-state index contributed by atoms with van der Waals surface area (Å²) in [6.07, 6.45) is 5.17. The van der Waals surface area contributed by atoms with Gasteiger partial charge in [0.15, 0.2) is 5.76 Å². The third-order valence-electron chi connectivity index (χ3n) is 5.91. The van der Waals surface area contributed by atoms with Gasteiger partial charge in [-0.25, -0.2) is 8.78 Å². The molecule has 9 heteroatoms. The Hall–Kier alpha value is -3.20. The first kappa shape index (κ1) is 28.0. The average molecular weight is 493 g/mol. The highest BCUT2D eigenvalue weighted by molar-refractivity contribution is 5.80. The highest BCUT2D eigenvalue weighted by atomic mass is 19.1. The monoisotopic (exact) mass is 492 g/mol. The van der Waals surface area contributed by atoms with E-state index in [2.05, 4.69) is 6.58 Å². The van der Waals surface area contributed by atoms with Gasteiger partial charge in [-0.3, -0.25) is 9.69 Å². The average Bonchev–Trinajstić information content (AvgIpc) is 3.43. The molecule has 0 bridgehead atoms. The number of ether oxygens (including phenoxy) is 2. The van der Waals surface area contributed by atoms with E-state index in [1.165, 1.54) is 19.1 Å². The van der Waals surface area contributed by atoms with Gasteiger partial charge in [0.2, 0.25) is 5.91 Å². The molecule has 2 saturated heterocycles. The van der Waals surface area contributed by atoms with Crippen molar-refractivity contribution >= 4 is 12.2 Å². The maximum absolute atomic E-state index is 15.2. The quantitative estimate of drug-likeness (QED) is 0.340. The second-order valence-corrected chi connectivity index (χ2v) is 8.49. The van der Waals surface area contributed by atoms with Crippen LogP contribution in [0.4, 0.5) is 8.78 Å². The van der Waals surface area contributed by atoms with Crippen LogP contribution in [0.25, 0.3) is 0 Å². The molecule has 0 aromatic carbocycles. The number of likely N-dealkylation sites (tertiary alicyclic amines) is 2. The third kappa shape index (κ3) is 7.92. The number of carbonyl (C=O) groups is 2. The lowest BCUT2D eigenvalue weighted by Crippen LogP contribution is -2.27. The Labute approximate surface area is 205 Å². The number of allylic oxidation sites excluding steroid dienone is 4. The van der Waals surface area contributed by atoms with Crippen molar-refractivity contribution in [3.63, 3.8) is 0 Å². The number of hydrogen-bond acceptors (Lipinski definition) is 6. The van der Waals surface area contributed by atoms with E-state index in [4.69, 9.17) is 9.47 Å². The number of methoxy groups -OCH3 is 2. The number of rotatable bonds is 11. The number of amides is 1. The number of likely N-dealkylation sites (N-methyl/N-ethyl adjacent to an activating group) is 1. The van der Waals surface area contributed by atoms with E-state index in [0.29, 0.717) is 47.4 Å². The van der Waals surface area contributed by atoms with Gasteiger partial charge in [-0.05, 0) is 49.6 Å². The maximum atomic E-state index is 15.2. The van der Waals surface area contributed by atoms with E-state index < -0.39 is 5.83 Å². The topological polar surface area (TPSA) is 79.3 Å². The van der Waals surface area contributed by atoms with Crippen molar-refractivity contribution in [3.05, 3.63) is 70.5 Å². The Balaban J connectivity index is 2.16. The van der Waals surface area contributed by atoms with E-state index in [-0.39, 0.29) is 62.7 Å². The summed E-state index contributed by atoms with van der Waals surface area (Å²) < 4.78 is 40.3. The molecule has 192 valence electrons. The molecule has 0 aromatic heterocycles. The van der Waals surface area contributed by atoms with Gasteiger partial charge in [0, 0.05) is 50.2 Å². The van der Waals surface area contributed by atoms with Crippen LogP contribution in [0.3, 0.4) is 0 Å². The Morgan fingerprint density at radius 1 is 1.00 bits per heavy atom. The molecule has 0 aliphatic carbocycles. The number of nitrogens with zero attached hydrogens (tertiary/aromatic N) is 2. The van der Waals surface area contributed by atoms with Crippen LogP contribution >= 0.6 is 0 Å². The van der Waals surface area contributed by atoms with Crippen LogP contribution in [0.1, 0.15) is 32.1 Å². The lowest BCUT2D eigenvalue weighted by atomic mass is 10.0. The molecule has 7 nitrogen and oxygen atoms in total. The van der Waals surface area contributed by atoms with Gasteiger partial charge < -0.3 is 24.3 Å². The minimum Gasteiger partial charge on any atom is -0.512 e. The molecule has 1 N–H and O–H groups in total. The molecule has 1 amide bonds. The third-order valence-corrected chi connectivity index (χ3v) is 5.91. The molecular weight excluding hydrogens is 458 g/mol. The molecule has 0 unspecified atom stereocenters. The van der Waals surface area contributed by atoms with Crippen LogP contribution in [-0.4, -0.2) is 74.5 Å². The van der Waals surface area contributed by atoms with Gasteiger partial charge in [0.25, 0.3) is 0 Å². The molecule has 2 aliphatic heterocycles. The van der Waals surface area contributed by atoms with Crippen molar-refractivity contribution in [2.45, 2.75) is 32.1 Å². The van der Waals surface area contributed by atoms with Crippen molar-refractivity contribution in [1.29, 1.82) is 0 Å². The molecule has 0 spiro atoms. The van der Waals surface area contributed by atoms with E-state index in [0.717, 1.165) is 6.26 Å². The zero-order valence-corrected chi connectivity index (χ0v) is 20.6. The van der Waals surface area contributed by atoms with Gasteiger partial charge >= 0.3 is 0 Å². The minimum absolute atomic E-state index is 0.0119.